The second-order valence-corrected chi connectivity index (χ2v) is 4.12. The van der Waals surface area contributed by atoms with E-state index in [-0.39, 0.29) is 0 Å². The standard InChI is InChI=1S/C8H10N4S/c1-5-3-4-6(13-5)7-10-8(9)12(2)11-7/h3-4H,1-2H3,(H2,9,10,11). The Kier molecular flexibility index (Phi) is 1.81. The number of nitrogen functional groups attached to an aromatic ring is 1. The van der Waals surface area contributed by atoms with Gasteiger partial charge in [0.2, 0.25) is 5.95 Å². The molecule has 0 saturated carbocycles. The fourth-order valence-corrected chi connectivity index (χ4v) is 1.85. The first-order chi connectivity index (χ1) is 6.16. The van der Waals surface area contributed by atoms with Crippen molar-refractivity contribution < 1.29 is 0 Å². The molecular weight excluding hydrogens is 184 g/mol. The number of nitrogens with zero attached hydrogens (tertiary/aromatic N) is 3. The number of aryl methyl sites for hydroxylation is 2. The van der Waals surface area contributed by atoms with Crippen LogP contribution in [-0.2, 0) is 7.05 Å². The van der Waals surface area contributed by atoms with Crippen LogP contribution < -0.4 is 5.73 Å². The molecule has 2 aromatic heterocycles. The zero-order chi connectivity index (χ0) is 9.42. The van der Waals surface area contributed by atoms with Crippen molar-refractivity contribution in [1.82, 2.24) is 14.8 Å². The first-order valence-corrected chi connectivity index (χ1v) is 4.72. The van der Waals surface area contributed by atoms with Crippen molar-refractivity contribution in [3.05, 3.63) is 17.0 Å². The van der Waals surface area contributed by atoms with Crippen molar-refractivity contribution >= 4 is 17.3 Å². The van der Waals surface area contributed by atoms with E-state index in [1.165, 1.54) is 4.88 Å². The van der Waals surface area contributed by atoms with E-state index in [1.54, 1.807) is 23.1 Å². The summed E-state index contributed by atoms with van der Waals surface area (Å²) in [6.07, 6.45) is 0. The van der Waals surface area contributed by atoms with E-state index >= 15 is 0 Å². The fourth-order valence-electron chi connectivity index (χ4n) is 1.06. The number of anilines is 1. The van der Waals surface area contributed by atoms with Gasteiger partial charge in [-0.1, -0.05) is 0 Å². The van der Waals surface area contributed by atoms with E-state index in [9.17, 15) is 0 Å². The topological polar surface area (TPSA) is 56.7 Å². The Labute approximate surface area is 80.0 Å². The minimum atomic E-state index is 0.445. The lowest BCUT2D eigenvalue weighted by atomic mass is 10.4. The average Bonchev–Trinajstić information content (AvgIpc) is 2.61. The van der Waals surface area contributed by atoms with Gasteiger partial charge in [-0.3, -0.25) is 0 Å². The highest BCUT2D eigenvalue weighted by atomic mass is 32.1. The number of hydrogen-bond acceptors (Lipinski definition) is 4. The Hall–Kier alpha value is -1.36. The van der Waals surface area contributed by atoms with Gasteiger partial charge in [0.05, 0.1) is 4.88 Å². The summed E-state index contributed by atoms with van der Waals surface area (Å²) >= 11 is 1.67. The maximum Gasteiger partial charge on any atom is 0.218 e. The monoisotopic (exact) mass is 194 g/mol. The third-order valence-electron chi connectivity index (χ3n) is 1.76. The smallest absolute Gasteiger partial charge is 0.218 e. The minimum absolute atomic E-state index is 0.445. The number of nitrogens with two attached hydrogens (primary N) is 1. The number of rotatable bonds is 1. The molecule has 0 fully saturated rings. The van der Waals surface area contributed by atoms with Crippen LogP contribution in [0.15, 0.2) is 12.1 Å². The van der Waals surface area contributed by atoms with Gasteiger partial charge in [0, 0.05) is 11.9 Å². The predicted molar refractivity (Wildman–Crippen MR) is 53.5 cm³/mol. The van der Waals surface area contributed by atoms with E-state index < -0.39 is 0 Å². The fraction of sp³-hybridized carbons (Fsp3) is 0.250. The first kappa shape index (κ1) is 8.25. The van der Waals surface area contributed by atoms with Crippen LogP contribution in [0.5, 0.6) is 0 Å². The lowest BCUT2D eigenvalue weighted by Gasteiger charge is -1.86. The normalized spacial score (nSPS) is 10.6. The van der Waals surface area contributed by atoms with Gasteiger partial charge in [-0.2, -0.15) is 4.98 Å². The van der Waals surface area contributed by atoms with Crippen LogP contribution in [-0.4, -0.2) is 14.8 Å². The predicted octanol–water partition coefficient (Wildman–Crippen LogP) is 1.43. The van der Waals surface area contributed by atoms with Gasteiger partial charge < -0.3 is 5.73 Å². The molecule has 5 heteroatoms. The summed E-state index contributed by atoms with van der Waals surface area (Å²) < 4.78 is 1.57. The van der Waals surface area contributed by atoms with Crippen LogP contribution in [0.1, 0.15) is 4.88 Å². The molecule has 0 atom stereocenters. The molecule has 0 aliphatic carbocycles. The third kappa shape index (κ3) is 1.42. The molecule has 0 aromatic carbocycles. The van der Waals surface area contributed by atoms with Crippen LogP contribution in [0, 0.1) is 6.92 Å². The second kappa shape index (κ2) is 2.85. The second-order valence-electron chi connectivity index (χ2n) is 2.83. The molecule has 0 radical (unpaired) electrons. The van der Waals surface area contributed by atoms with Crippen LogP contribution in [0.3, 0.4) is 0 Å². The quantitative estimate of drug-likeness (QED) is 0.747. The van der Waals surface area contributed by atoms with Gasteiger partial charge in [-0.05, 0) is 19.1 Å². The highest BCUT2D eigenvalue weighted by Crippen LogP contribution is 2.24. The van der Waals surface area contributed by atoms with Crippen molar-refractivity contribution in [1.29, 1.82) is 0 Å². The molecule has 0 aliphatic rings. The SMILES string of the molecule is Cc1ccc(-c2nc(N)n(C)n2)s1. The summed E-state index contributed by atoms with van der Waals surface area (Å²) in [5.74, 6) is 1.15. The number of hydrogen-bond donors (Lipinski definition) is 1. The van der Waals surface area contributed by atoms with E-state index in [2.05, 4.69) is 17.0 Å². The van der Waals surface area contributed by atoms with Gasteiger partial charge in [0.15, 0.2) is 5.82 Å². The molecule has 0 bridgehead atoms. The summed E-state index contributed by atoms with van der Waals surface area (Å²) in [6.45, 7) is 2.06. The first-order valence-electron chi connectivity index (χ1n) is 3.90. The van der Waals surface area contributed by atoms with E-state index in [4.69, 9.17) is 5.73 Å². The molecule has 68 valence electrons. The Morgan fingerprint density at radius 1 is 1.46 bits per heavy atom. The molecule has 0 amide bonds. The molecule has 2 aromatic rings. The van der Waals surface area contributed by atoms with Crippen molar-refractivity contribution in [2.45, 2.75) is 6.92 Å². The molecular formula is C8H10N4S. The maximum absolute atomic E-state index is 5.58. The Morgan fingerprint density at radius 3 is 2.69 bits per heavy atom. The molecule has 0 aliphatic heterocycles. The summed E-state index contributed by atoms with van der Waals surface area (Å²) in [7, 11) is 1.78. The Morgan fingerprint density at radius 2 is 2.23 bits per heavy atom. The van der Waals surface area contributed by atoms with Crippen LogP contribution >= 0.6 is 11.3 Å². The minimum Gasteiger partial charge on any atom is -0.368 e. The third-order valence-corrected chi connectivity index (χ3v) is 2.75. The largest absolute Gasteiger partial charge is 0.368 e. The zero-order valence-corrected chi connectivity index (χ0v) is 8.30. The van der Waals surface area contributed by atoms with Crippen LogP contribution in [0.4, 0.5) is 5.95 Å². The molecule has 0 spiro atoms. The van der Waals surface area contributed by atoms with Crippen molar-refractivity contribution in [3.63, 3.8) is 0 Å². The van der Waals surface area contributed by atoms with Crippen LogP contribution in [0.25, 0.3) is 10.7 Å². The Bertz CT molecular complexity index is 410. The molecule has 2 heterocycles. The van der Waals surface area contributed by atoms with Crippen molar-refractivity contribution in [3.8, 4) is 10.7 Å². The molecule has 0 saturated heterocycles. The van der Waals surface area contributed by atoms with Crippen molar-refractivity contribution in [2.24, 2.45) is 7.05 Å². The highest BCUT2D eigenvalue weighted by Gasteiger charge is 2.07. The molecule has 2 rings (SSSR count). The average molecular weight is 194 g/mol. The Balaban J connectivity index is 2.46. The van der Waals surface area contributed by atoms with Gasteiger partial charge in [0.25, 0.3) is 0 Å². The molecule has 2 N–H and O–H groups in total. The van der Waals surface area contributed by atoms with E-state index in [0.717, 1.165) is 4.88 Å². The highest BCUT2D eigenvalue weighted by molar-refractivity contribution is 7.15. The van der Waals surface area contributed by atoms with Gasteiger partial charge in [0.1, 0.15) is 0 Å². The molecule has 4 nitrogen and oxygen atoms in total. The molecule has 13 heavy (non-hydrogen) atoms. The van der Waals surface area contributed by atoms with Gasteiger partial charge in [-0.15, -0.1) is 16.4 Å². The lowest BCUT2D eigenvalue weighted by Crippen LogP contribution is -1.97. The molecule has 0 unspecified atom stereocenters. The van der Waals surface area contributed by atoms with E-state index in [1.807, 2.05) is 12.1 Å². The van der Waals surface area contributed by atoms with Gasteiger partial charge in [-0.25, -0.2) is 4.68 Å². The summed E-state index contributed by atoms with van der Waals surface area (Å²) in [6, 6.07) is 4.06. The lowest BCUT2D eigenvalue weighted by molar-refractivity contribution is 0.781. The summed E-state index contributed by atoms with van der Waals surface area (Å²) in [5.41, 5.74) is 5.58. The zero-order valence-electron chi connectivity index (χ0n) is 7.48. The number of thiophene rings is 1. The van der Waals surface area contributed by atoms with Crippen molar-refractivity contribution in [2.75, 3.05) is 5.73 Å². The maximum atomic E-state index is 5.58. The summed E-state index contributed by atoms with van der Waals surface area (Å²) in [4.78, 5) is 6.44. The van der Waals surface area contributed by atoms with Crippen LogP contribution in [0.2, 0.25) is 0 Å². The van der Waals surface area contributed by atoms with E-state index in [0.29, 0.717) is 11.8 Å². The summed E-state index contributed by atoms with van der Waals surface area (Å²) in [5, 5.41) is 4.18. The number of aromatic nitrogens is 3. The van der Waals surface area contributed by atoms with Gasteiger partial charge >= 0.3 is 0 Å².